The molecule has 22 heavy (non-hydrogen) atoms. The van der Waals surface area contributed by atoms with E-state index in [0.29, 0.717) is 12.1 Å². The summed E-state index contributed by atoms with van der Waals surface area (Å²) in [4.78, 5) is 23.2. The van der Waals surface area contributed by atoms with Gasteiger partial charge in [0.1, 0.15) is 11.3 Å². The summed E-state index contributed by atoms with van der Waals surface area (Å²) in [7, 11) is 0. The van der Waals surface area contributed by atoms with E-state index < -0.39 is 24.2 Å². The Morgan fingerprint density at radius 1 is 1.32 bits per heavy atom. The summed E-state index contributed by atoms with van der Waals surface area (Å²) < 4.78 is 28.4. The van der Waals surface area contributed by atoms with Crippen LogP contribution in [0.5, 0.6) is 0 Å². The van der Waals surface area contributed by atoms with Crippen LogP contribution in [0.1, 0.15) is 39.5 Å². The topological polar surface area (TPSA) is 87.7 Å². The number of carbonyl (C=O) groups is 2. The minimum atomic E-state index is -2.87. The normalized spacial score (nSPS) is 15.0. The summed E-state index contributed by atoms with van der Waals surface area (Å²) >= 11 is 0. The maximum absolute atomic E-state index is 12.0. The van der Waals surface area contributed by atoms with Crippen LogP contribution in [0.2, 0.25) is 0 Å². The summed E-state index contributed by atoms with van der Waals surface area (Å²) in [5, 5.41) is 14.2. The van der Waals surface area contributed by atoms with E-state index in [1.807, 2.05) is 0 Å². The molecule has 1 rings (SSSR count). The number of alkyl halides is 2. The molecular weight excluding hydrogens is 298 g/mol. The highest BCUT2D eigenvalue weighted by molar-refractivity contribution is 5.86. The molecule has 0 spiro atoms. The van der Waals surface area contributed by atoms with Crippen LogP contribution in [-0.2, 0) is 9.53 Å². The fourth-order valence-electron chi connectivity index (χ4n) is 2.11. The van der Waals surface area contributed by atoms with Gasteiger partial charge in [0.2, 0.25) is 0 Å². The molecule has 0 saturated heterocycles. The van der Waals surface area contributed by atoms with Gasteiger partial charge in [0.25, 0.3) is 0 Å². The maximum Gasteiger partial charge on any atom is 0.387 e. The quantitative estimate of drug-likeness (QED) is 0.673. The van der Waals surface area contributed by atoms with Gasteiger partial charge < -0.3 is 20.5 Å². The van der Waals surface area contributed by atoms with Crippen molar-refractivity contribution < 1.29 is 28.2 Å². The molecule has 0 aromatic heterocycles. The molecule has 8 heteroatoms. The SMILES string of the molecule is CCC(CC)(NC(=O)NC1=CC=C(OC(F)F)CC1)C(=O)O. The minimum Gasteiger partial charge on any atom is -0.480 e. The van der Waals surface area contributed by atoms with Crippen molar-refractivity contribution in [1.29, 1.82) is 0 Å². The lowest BCUT2D eigenvalue weighted by Crippen LogP contribution is -2.56. The van der Waals surface area contributed by atoms with Gasteiger partial charge in [-0.05, 0) is 31.4 Å². The lowest BCUT2D eigenvalue weighted by molar-refractivity contribution is -0.144. The Balaban J connectivity index is 2.64. The van der Waals surface area contributed by atoms with E-state index in [0.717, 1.165) is 0 Å². The van der Waals surface area contributed by atoms with Crippen LogP contribution in [0.25, 0.3) is 0 Å². The maximum atomic E-state index is 12.0. The molecule has 0 aromatic rings. The van der Waals surface area contributed by atoms with Crippen molar-refractivity contribution in [2.24, 2.45) is 0 Å². The van der Waals surface area contributed by atoms with Gasteiger partial charge in [-0.25, -0.2) is 9.59 Å². The monoisotopic (exact) mass is 318 g/mol. The highest BCUT2D eigenvalue weighted by Gasteiger charge is 2.36. The molecule has 0 heterocycles. The zero-order valence-electron chi connectivity index (χ0n) is 12.5. The molecule has 0 aromatic carbocycles. The fraction of sp³-hybridized carbons (Fsp3) is 0.571. The molecule has 0 bridgehead atoms. The van der Waals surface area contributed by atoms with Gasteiger partial charge in [-0.2, -0.15) is 8.78 Å². The average molecular weight is 318 g/mol. The second kappa shape index (κ2) is 7.77. The zero-order valence-corrected chi connectivity index (χ0v) is 12.5. The fourth-order valence-corrected chi connectivity index (χ4v) is 2.11. The number of aliphatic carboxylic acids is 1. The Bertz CT molecular complexity index is 485. The van der Waals surface area contributed by atoms with Gasteiger partial charge in [-0.15, -0.1) is 0 Å². The van der Waals surface area contributed by atoms with Crippen molar-refractivity contribution in [2.45, 2.75) is 51.7 Å². The molecular formula is C14H20F2N2O4. The van der Waals surface area contributed by atoms with Gasteiger partial charge in [0, 0.05) is 12.1 Å². The van der Waals surface area contributed by atoms with Gasteiger partial charge in [-0.3, -0.25) is 0 Å². The summed E-state index contributed by atoms with van der Waals surface area (Å²) in [5.74, 6) is -0.958. The zero-order chi connectivity index (χ0) is 16.8. The summed E-state index contributed by atoms with van der Waals surface area (Å²) in [6.07, 6.45) is 3.87. The van der Waals surface area contributed by atoms with E-state index >= 15 is 0 Å². The number of hydrogen-bond donors (Lipinski definition) is 3. The van der Waals surface area contributed by atoms with E-state index in [-0.39, 0.29) is 25.0 Å². The molecule has 0 radical (unpaired) electrons. The van der Waals surface area contributed by atoms with Crippen molar-refractivity contribution in [2.75, 3.05) is 0 Å². The van der Waals surface area contributed by atoms with Crippen molar-refractivity contribution in [3.8, 4) is 0 Å². The lowest BCUT2D eigenvalue weighted by atomic mass is 9.93. The van der Waals surface area contributed by atoms with Gasteiger partial charge >= 0.3 is 18.6 Å². The smallest absolute Gasteiger partial charge is 0.387 e. The molecule has 3 N–H and O–H groups in total. The van der Waals surface area contributed by atoms with E-state index in [9.17, 15) is 23.5 Å². The van der Waals surface area contributed by atoms with Gasteiger partial charge in [0.05, 0.1) is 0 Å². The lowest BCUT2D eigenvalue weighted by Gasteiger charge is -2.28. The predicted molar refractivity (Wildman–Crippen MR) is 75.1 cm³/mol. The van der Waals surface area contributed by atoms with Crippen molar-refractivity contribution in [3.05, 3.63) is 23.6 Å². The highest BCUT2D eigenvalue weighted by Crippen LogP contribution is 2.20. The molecule has 0 saturated carbocycles. The number of carboxylic acid groups (broad SMARTS) is 1. The summed E-state index contributed by atoms with van der Waals surface area (Å²) in [6, 6.07) is -0.635. The number of rotatable bonds is 7. The Kier molecular flexibility index (Phi) is 6.33. The molecule has 0 atom stereocenters. The van der Waals surface area contributed by atoms with Gasteiger partial charge in [0.15, 0.2) is 0 Å². The largest absolute Gasteiger partial charge is 0.480 e. The second-order valence-corrected chi connectivity index (χ2v) is 4.88. The van der Waals surface area contributed by atoms with Crippen LogP contribution in [0, 0.1) is 0 Å². The molecule has 0 aliphatic heterocycles. The van der Waals surface area contributed by atoms with Crippen LogP contribution >= 0.6 is 0 Å². The van der Waals surface area contributed by atoms with E-state index in [1.54, 1.807) is 13.8 Å². The van der Waals surface area contributed by atoms with E-state index in [1.165, 1.54) is 12.2 Å². The van der Waals surface area contributed by atoms with Crippen molar-refractivity contribution in [3.63, 3.8) is 0 Å². The average Bonchev–Trinajstić information content (AvgIpc) is 2.46. The first-order valence-corrected chi connectivity index (χ1v) is 7.00. The van der Waals surface area contributed by atoms with Crippen LogP contribution < -0.4 is 10.6 Å². The first-order valence-electron chi connectivity index (χ1n) is 7.00. The molecule has 2 amide bonds. The predicted octanol–water partition coefficient (Wildman–Crippen LogP) is 2.73. The molecule has 1 aliphatic rings. The molecule has 0 fully saturated rings. The third-order valence-corrected chi connectivity index (χ3v) is 3.59. The molecule has 0 unspecified atom stereocenters. The summed E-state index contributed by atoms with van der Waals surface area (Å²) in [5.41, 5.74) is -0.815. The third-order valence-electron chi connectivity index (χ3n) is 3.59. The Hall–Kier alpha value is -2.12. The summed E-state index contributed by atoms with van der Waals surface area (Å²) in [6.45, 7) is 0.478. The van der Waals surface area contributed by atoms with Crippen molar-refractivity contribution >= 4 is 12.0 Å². The first-order chi connectivity index (χ1) is 10.3. The highest BCUT2D eigenvalue weighted by atomic mass is 19.3. The number of ether oxygens (including phenoxy) is 1. The van der Waals surface area contributed by atoms with E-state index in [4.69, 9.17) is 0 Å². The number of amides is 2. The van der Waals surface area contributed by atoms with Crippen LogP contribution in [0.15, 0.2) is 23.6 Å². The molecule has 124 valence electrons. The van der Waals surface area contributed by atoms with E-state index in [2.05, 4.69) is 15.4 Å². The number of halogens is 2. The van der Waals surface area contributed by atoms with Crippen LogP contribution in [-0.4, -0.2) is 29.3 Å². The minimum absolute atomic E-state index is 0.142. The number of urea groups is 1. The number of carbonyl (C=O) groups excluding carboxylic acids is 1. The third kappa shape index (κ3) is 4.71. The molecule has 1 aliphatic carbocycles. The van der Waals surface area contributed by atoms with Crippen molar-refractivity contribution in [1.82, 2.24) is 10.6 Å². The Morgan fingerprint density at radius 3 is 2.36 bits per heavy atom. The molecule has 6 nitrogen and oxygen atoms in total. The number of allylic oxidation sites excluding steroid dienone is 4. The Labute approximate surface area is 127 Å². The number of carboxylic acids is 1. The van der Waals surface area contributed by atoms with Gasteiger partial charge in [-0.1, -0.05) is 13.8 Å². The standard InChI is InChI=1S/C14H20F2N2O4/c1-3-14(4-2,11(19)20)18-13(21)17-9-5-7-10(8-6-9)22-12(15)16/h5,7,12H,3-4,6,8H2,1-2H3,(H,19,20)(H2,17,18,21). The van der Waals surface area contributed by atoms with Crippen LogP contribution in [0.4, 0.5) is 13.6 Å². The number of nitrogens with one attached hydrogen (secondary N) is 2. The number of hydrogen-bond acceptors (Lipinski definition) is 3. The first kappa shape index (κ1) is 17.9. The second-order valence-electron chi connectivity index (χ2n) is 4.88. The van der Waals surface area contributed by atoms with Crippen LogP contribution in [0.3, 0.4) is 0 Å². The Morgan fingerprint density at radius 2 is 1.95 bits per heavy atom.